The van der Waals surface area contributed by atoms with E-state index in [9.17, 15) is 0 Å². The van der Waals surface area contributed by atoms with Gasteiger partial charge in [-0.05, 0) is 210 Å². The number of anilines is 9. The fraction of sp³-hybridized carbons (Fsp3) is 0.168. The lowest BCUT2D eigenvalue weighted by atomic mass is 9.30. The summed E-state index contributed by atoms with van der Waals surface area (Å²) < 4.78 is 7.32. The van der Waals surface area contributed by atoms with E-state index >= 15 is 0 Å². The van der Waals surface area contributed by atoms with E-state index in [4.69, 9.17) is 4.74 Å². The Morgan fingerprint density at radius 2 is 0.682 bits per heavy atom. The van der Waals surface area contributed by atoms with Gasteiger partial charge in [-0.3, -0.25) is 0 Å². The zero-order valence-electron chi connectivity index (χ0n) is 63.2. The van der Waals surface area contributed by atoms with Gasteiger partial charge in [0, 0.05) is 56.6 Å². The summed E-state index contributed by atoms with van der Waals surface area (Å²) in [5.41, 5.74) is 38.7. The average molecular weight is 1380 g/mol. The van der Waals surface area contributed by atoms with Crippen molar-refractivity contribution in [2.75, 3.05) is 14.7 Å². The molecule has 0 atom stereocenters. The first-order chi connectivity index (χ1) is 51.6. The first-order valence-electron chi connectivity index (χ1n) is 38.4. The van der Waals surface area contributed by atoms with Crippen molar-refractivity contribution in [3.8, 4) is 67.1 Å². The Bertz CT molecular complexity index is 5960. The molecule has 4 aliphatic heterocycles. The summed E-state index contributed by atoms with van der Waals surface area (Å²) in [7, 11) is 0. The van der Waals surface area contributed by atoms with Gasteiger partial charge < -0.3 is 19.4 Å². The first kappa shape index (κ1) is 65.0. The van der Waals surface area contributed by atoms with Crippen LogP contribution in [0.15, 0.2) is 297 Å². The summed E-state index contributed by atoms with van der Waals surface area (Å²) in [5.74, 6) is 1.81. The third kappa shape index (κ3) is 9.63. The minimum atomic E-state index is -0.633. The number of benzene rings is 14. The number of fused-ring (bicyclic) bond motifs is 18. The predicted octanol–water partition coefficient (Wildman–Crippen LogP) is 22.7. The Hall–Kier alpha value is -11.6. The van der Waals surface area contributed by atoms with Gasteiger partial charge in [-0.2, -0.15) is 0 Å². The van der Waals surface area contributed by atoms with Crippen LogP contribution in [0.4, 0.5) is 51.2 Å². The topological polar surface area (TPSA) is 19.0 Å². The zero-order valence-corrected chi connectivity index (χ0v) is 63.2. The molecule has 0 saturated carbocycles. The second kappa shape index (κ2) is 23.2. The maximum Gasteiger partial charge on any atom is 0.256 e. The van der Waals surface area contributed by atoms with Crippen LogP contribution >= 0.6 is 0 Å². The molecule has 1 spiro atoms. The lowest BCUT2D eigenvalue weighted by Gasteiger charge is -2.47. The number of para-hydroxylation sites is 2. The minimum Gasteiger partial charge on any atom is -0.458 e. The van der Waals surface area contributed by atoms with E-state index in [0.717, 1.165) is 84.8 Å². The Balaban J connectivity index is 0.972. The maximum atomic E-state index is 7.32. The van der Waals surface area contributed by atoms with Gasteiger partial charge in [0.25, 0.3) is 13.4 Å². The summed E-state index contributed by atoms with van der Waals surface area (Å²) in [4.78, 5) is 8.07. The van der Waals surface area contributed by atoms with Gasteiger partial charge in [-0.25, -0.2) is 0 Å². The highest BCUT2D eigenvalue weighted by Crippen LogP contribution is 2.65. The summed E-state index contributed by atoms with van der Waals surface area (Å²) in [6, 6.07) is 115. The second-order valence-electron chi connectivity index (χ2n) is 34.7. The van der Waals surface area contributed by atoms with E-state index in [-0.39, 0.29) is 35.1 Å². The molecule has 0 fully saturated rings. The largest absolute Gasteiger partial charge is 0.458 e. The van der Waals surface area contributed by atoms with Crippen LogP contribution in [-0.2, 0) is 27.1 Å². The van der Waals surface area contributed by atoms with Crippen LogP contribution in [0.2, 0.25) is 0 Å². The van der Waals surface area contributed by atoms with Gasteiger partial charge in [0.05, 0.1) is 11.1 Å². The van der Waals surface area contributed by atoms with E-state index in [1.807, 2.05) is 0 Å². The molecule has 0 aromatic heterocycles. The fourth-order valence-electron chi connectivity index (χ4n) is 19.1. The Morgan fingerprint density at radius 1 is 0.262 bits per heavy atom. The second-order valence-corrected chi connectivity index (χ2v) is 34.7. The number of rotatable bonds is 6. The molecular formula is C101H85B2N3O. The molecule has 6 heteroatoms. The molecule has 6 aliphatic rings. The molecule has 0 saturated heterocycles. The highest BCUT2D eigenvalue weighted by Gasteiger charge is 2.54. The standard InChI is InChI=1S/C101H85B2N3O/c1-97(2,3)65-35-27-37-69(55-65)104-86-61-87-84(103-82-49-25-26-50-91(82)107-92-59-68(100(10,11)12)58-90(95(92)103)105(87)70-38-28-36-66(56-70)98(4,5)6)60-83(86)102-81-52-51-67(99(7,8)9)57-85(81)106(96-72(62-31-15-13-16-32-62)43-30-44-73(96)63-33-17-14-18-34-63)89-54-64(53-88(104)94(89)102)71-42-29-45-77-76-41-21-24-48-80(76)101(93(71)77)78-46-22-19-39-74(78)75-40-20-23-47-79(75)101/h13-61H,1-12H3. The number of nitrogens with zero attached hydrogens (tertiary/aromatic N) is 3. The normalized spacial score (nSPS) is 14.4. The van der Waals surface area contributed by atoms with Crippen molar-refractivity contribution < 1.29 is 4.74 Å². The third-order valence-electron chi connectivity index (χ3n) is 24.3. The molecule has 20 rings (SSSR count). The molecule has 516 valence electrons. The van der Waals surface area contributed by atoms with Crippen LogP contribution in [-0.4, -0.2) is 13.4 Å². The summed E-state index contributed by atoms with van der Waals surface area (Å²) >= 11 is 0. The van der Waals surface area contributed by atoms with Crippen molar-refractivity contribution in [1.29, 1.82) is 0 Å². The maximum absolute atomic E-state index is 7.32. The van der Waals surface area contributed by atoms with Crippen molar-refractivity contribution in [2.45, 2.75) is 110 Å². The molecule has 0 N–H and O–H groups in total. The molecule has 4 nitrogen and oxygen atoms in total. The van der Waals surface area contributed by atoms with Gasteiger partial charge in [-0.15, -0.1) is 0 Å². The molecule has 0 unspecified atom stereocenters. The Morgan fingerprint density at radius 3 is 1.23 bits per heavy atom. The highest BCUT2D eigenvalue weighted by atomic mass is 16.5. The van der Waals surface area contributed by atoms with Crippen molar-refractivity contribution >= 4 is 97.4 Å². The summed E-state index contributed by atoms with van der Waals surface area (Å²) in [6.07, 6.45) is 0. The smallest absolute Gasteiger partial charge is 0.256 e. The molecule has 4 heterocycles. The van der Waals surface area contributed by atoms with E-state index in [0.29, 0.717) is 0 Å². The van der Waals surface area contributed by atoms with Crippen LogP contribution in [0.25, 0.3) is 55.6 Å². The predicted molar refractivity (Wildman–Crippen MR) is 454 cm³/mol. The molecule has 14 aromatic rings. The number of hydrogen-bond donors (Lipinski definition) is 0. The van der Waals surface area contributed by atoms with Crippen LogP contribution in [0, 0.1) is 0 Å². The van der Waals surface area contributed by atoms with Gasteiger partial charge in [0.2, 0.25) is 0 Å². The molecule has 2 aliphatic carbocycles. The lowest BCUT2D eigenvalue weighted by molar-refractivity contribution is 0.483. The van der Waals surface area contributed by atoms with E-state index in [1.54, 1.807) is 0 Å². The zero-order chi connectivity index (χ0) is 72.9. The van der Waals surface area contributed by atoms with E-state index in [1.165, 1.54) is 111 Å². The molecule has 0 amide bonds. The molecule has 107 heavy (non-hydrogen) atoms. The lowest BCUT2D eigenvalue weighted by Crippen LogP contribution is -2.64. The van der Waals surface area contributed by atoms with Crippen molar-refractivity contribution in [1.82, 2.24) is 0 Å². The number of hydrogen-bond acceptors (Lipinski definition) is 4. The van der Waals surface area contributed by atoms with Crippen LogP contribution in [0.3, 0.4) is 0 Å². The SMILES string of the molecule is CC(C)(C)c1cccc(N2c3cc4c(cc3B3c5ccccc5Oc5cc(C(C)(C)C)cc2c53)B2c3ccc(C(C)(C)C)cc3N(c3c(-c5ccccc5)cccc3-c3ccccc3)c3cc(-c5cccc6c5C5(c7ccccc7-c7ccccc75)c5ccccc5-6)cc(c32)N4c2cccc(C(C)(C)C)c2)c1. The Kier molecular flexibility index (Phi) is 14.1. The van der Waals surface area contributed by atoms with Crippen LogP contribution < -0.4 is 52.2 Å². The monoisotopic (exact) mass is 1380 g/mol. The fourth-order valence-corrected chi connectivity index (χ4v) is 19.1. The van der Waals surface area contributed by atoms with E-state index in [2.05, 4.69) is 395 Å². The molecule has 0 radical (unpaired) electrons. The quantitative estimate of drug-likeness (QED) is 0.154. The van der Waals surface area contributed by atoms with E-state index < -0.39 is 5.41 Å². The van der Waals surface area contributed by atoms with Gasteiger partial charge in [0.15, 0.2) is 0 Å². The Labute approximate surface area is 631 Å². The first-order valence-corrected chi connectivity index (χ1v) is 38.4. The minimum absolute atomic E-state index is 0.125. The van der Waals surface area contributed by atoms with Gasteiger partial charge in [0.1, 0.15) is 11.5 Å². The molecular weight excluding hydrogens is 1290 g/mol. The molecule has 0 bridgehead atoms. The number of ether oxygens (including phenoxy) is 1. The van der Waals surface area contributed by atoms with Gasteiger partial charge >= 0.3 is 0 Å². The van der Waals surface area contributed by atoms with Crippen molar-refractivity contribution in [3.05, 3.63) is 342 Å². The van der Waals surface area contributed by atoms with Crippen molar-refractivity contribution in [2.24, 2.45) is 0 Å². The van der Waals surface area contributed by atoms with Crippen molar-refractivity contribution in [3.63, 3.8) is 0 Å². The third-order valence-corrected chi connectivity index (χ3v) is 24.3. The van der Waals surface area contributed by atoms with Crippen LogP contribution in [0.1, 0.15) is 128 Å². The average Bonchev–Trinajstić information content (AvgIpc) is 1.54. The molecule has 14 aromatic carbocycles. The summed E-state index contributed by atoms with van der Waals surface area (Å²) in [5, 5.41) is 0. The van der Waals surface area contributed by atoms with Gasteiger partial charge in [-0.1, -0.05) is 314 Å². The van der Waals surface area contributed by atoms with Crippen LogP contribution in [0.5, 0.6) is 11.5 Å². The highest BCUT2D eigenvalue weighted by molar-refractivity contribution is 7.02. The summed E-state index contributed by atoms with van der Waals surface area (Å²) in [6.45, 7) is 27.8.